The van der Waals surface area contributed by atoms with Gasteiger partial charge in [0.25, 0.3) is 0 Å². The quantitative estimate of drug-likeness (QED) is 0.800. The third kappa shape index (κ3) is 5.16. The van der Waals surface area contributed by atoms with E-state index in [9.17, 15) is 9.18 Å². The van der Waals surface area contributed by atoms with Crippen LogP contribution in [0.1, 0.15) is 24.1 Å². The normalized spacial score (nSPS) is 10.3. The number of nitrogens with one attached hydrogen (secondary N) is 1. The number of halogens is 1. The summed E-state index contributed by atoms with van der Waals surface area (Å²) >= 11 is 0. The lowest BCUT2D eigenvalue weighted by atomic mass is 10.2. The molecule has 116 valence electrons. The zero-order chi connectivity index (χ0) is 15.8. The molecule has 0 aliphatic rings. The Labute approximate surface area is 129 Å². The van der Waals surface area contributed by atoms with Crippen molar-refractivity contribution in [1.29, 1.82) is 0 Å². The van der Waals surface area contributed by atoms with Crippen LogP contribution >= 0.6 is 0 Å². The highest BCUT2D eigenvalue weighted by molar-refractivity contribution is 5.75. The second-order valence-corrected chi connectivity index (χ2v) is 4.97. The summed E-state index contributed by atoms with van der Waals surface area (Å²) in [5.74, 6) is 0.240. The average molecular weight is 302 g/mol. The molecular weight excluding hydrogens is 283 g/mol. The van der Waals surface area contributed by atoms with E-state index in [0.717, 1.165) is 5.75 Å². The molecule has 0 unspecified atom stereocenters. The van der Waals surface area contributed by atoms with E-state index in [1.807, 2.05) is 31.2 Å². The van der Waals surface area contributed by atoms with E-state index in [1.165, 1.54) is 23.9 Å². The Hall–Kier alpha value is -2.43. The molecule has 0 radical (unpaired) electrons. The van der Waals surface area contributed by atoms with Gasteiger partial charge >= 0.3 is 0 Å². The van der Waals surface area contributed by atoms with Crippen LogP contribution in [0.25, 0.3) is 0 Å². The van der Waals surface area contributed by atoms with Gasteiger partial charge in [-0.05, 0) is 37.6 Å². The Morgan fingerprint density at radius 3 is 2.77 bits per heavy atom. The first-order valence-corrected chi connectivity index (χ1v) is 7.21. The minimum atomic E-state index is -0.412. The van der Waals surface area contributed by atoms with Crippen molar-refractivity contribution < 1.29 is 13.9 Å². The van der Waals surface area contributed by atoms with E-state index in [0.29, 0.717) is 19.4 Å². The Morgan fingerprint density at radius 2 is 2.05 bits per heavy atom. The molecule has 0 atom stereocenters. The number of rotatable bonds is 7. The van der Waals surface area contributed by atoms with Gasteiger partial charge in [-0.3, -0.25) is 9.78 Å². The molecule has 1 heterocycles. The molecule has 2 aromatic rings. The molecule has 5 heteroatoms. The minimum absolute atomic E-state index is 0.102. The van der Waals surface area contributed by atoms with Gasteiger partial charge in [0, 0.05) is 12.6 Å². The van der Waals surface area contributed by atoms with Crippen molar-refractivity contribution in [3.05, 3.63) is 59.7 Å². The highest BCUT2D eigenvalue weighted by Crippen LogP contribution is 2.11. The van der Waals surface area contributed by atoms with Gasteiger partial charge in [0.2, 0.25) is 5.91 Å². The highest BCUT2D eigenvalue weighted by atomic mass is 19.1. The van der Waals surface area contributed by atoms with E-state index in [-0.39, 0.29) is 18.1 Å². The molecule has 0 aliphatic carbocycles. The van der Waals surface area contributed by atoms with Crippen LogP contribution < -0.4 is 10.1 Å². The van der Waals surface area contributed by atoms with E-state index in [1.54, 1.807) is 0 Å². The maximum atomic E-state index is 13.3. The van der Waals surface area contributed by atoms with Crippen LogP contribution in [-0.2, 0) is 11.3 Å². The van der Waals surface area contributed by atoms with Crippen molar-refractivity contribution in [2.75, 3.05) is 6.61 Å². The zero-order valence-corrected chi connectivity index (χ0v) is 12.5. The van der Waals surface area contributed by atoms with Crippen LogP contribution in [0.15, 0.2) is 42.6 Å². The van der Waals surface area contributed by atoms with Crippen molar-refractivity contribution in [2.45, 2.75) is 26.3 Å². The lowest BCUT2D eigenvalue weighted by Gasteiger charge is -2.07. The summed E-state index contributed by atoms with van der Waals surface area (Å²) in [5.41, 5.74) is 1.42. The number of aromatic nitrogens is 1. The topological polar surface area (TPSA) is 51.2 Å². The van der Waals surface area contributed by atoms with Gasteiger partial charge in [0.15, 0.2) is 0 Å². The summed E-state index contributed by atoms with van der Waals surface area (Å²) < 4.78 is 18.9. The number of amides is 1. The maximum Gasteiger partial charge on any atom is 0.220 e. The van der Waals surface area contributed by atoms with Crippen LogP contribution in [0.5, 0.6) is 5.75 Å². The van der Waals surface area contributed by atoms with Gasteiger partial charge in [-0.15, -0.1) is 0 Å². The van der Waals surface area contributed by atoms with Crippen LogP contribution in [0.2, 0.25) is 0 Å². The summed E-state index contributed by atoms with van der Waals surface area (Å²) in [6.45, 7) is 2.58. The number of aryl methyl sites for hydroxylation is 1. The first-order chi connectivity index (χ1) is 10.6. The number of carbonyl (C=O) groups is 1. The van der Waals surface area contributed by atoms with Crippen molar-refractivity contribution in [1.82, 2.24) is 10.3 Å². The summed E-state index contributed by atoms with van der Waals surface area (Å²) in [4.78, 5) is 15.5. The van der Waals surface area contributed by atoms with E-state index < -0.39 is 5.82 Å². The number of nitrogens with zero attached hydrogens (tertiary/aromatic N) is 1. The van der Waals surface area contributed by atoms with Gasteiger partial charge in [-0.1, -0.05) is 17.7 Å². The number of hydrogen-bond donors (Lipinski definition) is 1. The Bertz CT molecular complexity index is 614. The van der Waals surface area contributed by atoms with Gasteiger partial charge in [-0.2, -0.15) is 0 Å². The van der Waals surface area contributed by atoms with Crippen LogP contribution in [-0.4, -0.2) is 17.5 Å². The standard InChI is InChI=1S/C17H19FN2O2/c1-13-6-8-14(9-7-13)22-11-3-5-17(21)20-12-16-15(18)4-2-10-19-16/h2,4,6-10H,3,5,11-12H2,1H3,(H,20,21). The second kappa shape index (κ2) is 8.12. The molecule has 1 N–H and O–H groups in total. The van der Waals surface area contributed by atoms with Gasteiger partial charge in [-0.25, -0.2) is 4.39 Å². The van der Waals surface area contributed by atoms with Gasteiger partial charge in [0.05, 0.1) is 18.8 Å². The van der Waals surface area contributed by atoms with Crippen molar-refractivity contribution in [3.63, 3.8) is 0 Å². The summed E-state index contributed by atoms with van der Waals surface area (Å²) in [7, 11) is 0. The van der Waals surface area contributed by atoms with Crippen molar-refractivity contribution in [3.8, 4) is 5.75 Å². The zero-order valence-electron chi connectivity index (χ0n) is 12.5. The highest BCUT2D eigenvalue weighted by Gasteiger charge is 2.05. The molecule has 4 nitrogen and oxygen atoms in total. The second-order valence-electron chi connectivity index (χ2n) is 4.97. The van der Waals surface area contributed by atoms with Crippen LogP contribution in [0, 0.1) is 12.7 Å². The van der Waals surface area contributed by atoms with Crippen molar-refractivity contribution >= 4 is 5.91 Å². The molecule has 0 saturated carbocycles. The molecule has 2 rings (SSSR count). The minimum Gasteiger partial charge on any atom is -0.494 e. The fourth-order valence-electron chi connectivity index (χ4n) is 1.88. The fraction of sp³-hybridized carbons (Fsp3) is 0.294. The maximum absolute atomic E-state index is 13.3. The number of hydrogen-bond acceptors (Lipinski definition) is 3. The van der Waals surface area contributed by atoms with E-state index in [2.05, 4.69) is 10.3 Å². The summed E-state index contributed by atoms with van der Waals surface area (Å²) in [6, 6.07) is 10.6. The predicted octanol–water partition coefficient (Wildman–Crippen LogP) is 3.00. The summed E-state index contributed by atoms with van der Waals surface area (Å²) in [5, 5.41) is 2.65. The van der Waals surface area contributed by atoms with Gasteiger partial charge < -0.3 is 10.1 Å². The largest absolute Gasteiger partial charge is 0.494 e. The number of benzene rings is 1. The lowest BCUT2D eigenvalue weighted by Crippen LogP contribution is -2.24. The Morgan fingerprint density at radius 1 is 1.27 bits per heavy atom. The fourth-order valence-corrected chi connectivity index (χ4v) is 1.88. The number of pyridine rings is 1. The first kappa shape index (κ1) is 15.9. The smallest absolute Gasteiger partial charge is 0.220 e. The molecule has 0 aliphatic heterocycles. The molecule has 1 aromatic heterocycles. The Balaban J connectivity index is 1.64. The summed E-state index contributed by atoms with van der Waals surface area (Å²) in [6.07, 6.45) is 2.44. The first-order valence-electron chi connectivity index (χ1n) is 7.21. The third-order valence-electron chi connectivity index (χ3n) is 3.13. The molecule has 0 bridgehead atoms. The molecule has 0 spiro atoms. The Kier molecular flexibility index (Phi) is 5.89. The van der Waals surface area contributed by atoms with Crippen LogP contribution in [0.3, 0.4) is 0 Å². The molecule has 1 amide bonds. The average Bonchev–Trinajstić information content (AvgIpc) is 2.52. The van der Waals surface area contributed by atoms with Gasteiger partial charge in [0.1, 0.15) is 11.6 Å². The monoisotopic (exact) mass is 302 g/mol. The molecular formula is C17H19FN2O2. The van der Waals surface area contributed by atoms with Crippen LogP contribution in [0.4, 0.5) is 4.39 Å². The number of ether oxygens (including phenoxy) is 1. The molecule has 0 saturated heterocycles. The molecule has 0 fully saturated rings. The molecule has 1 aromatic carbocycles. The van der Waals surface area contributed by atoms with Crippen molar-refractivity contribution in [2.24, 2.45) is 0 Å². The van der Waals surface area contributed by atoms with E-state index >= 15 is 0 Å². The van der Waals surface area contributed by atoms with E-state index in [4.69, 9.17) is 4.74 Å². The third-order valence-corrected chi connectivity index (χ3v) is 3.13. The SMILES string of the molecule is Cc1ccc(OCCCC(=O)NCc2ncccc2F)cc1. The predicted molar refractivity (Wildman–Crippen MR) is 81.9 cm³/mol. The number of carbonyl (C=O) groups excluding carboxylic acids is 1. The molecule has 22 heavy (non-hydrogen) atoms. The lowest BCUT2D eigenvalue weighted by molar-refractivity contribution is -0.121.